The van der Waals surface area contributed by atoms with Gasteiger partial charge in [-0.05, 0) is 31.0 Å². The molecule has 1 aliphatic heterocycles. The minimum Gasteiger partial charge on any atom is -0.476 e. The number of carboxylic acid groups (broad SMARTS) is 1. The van der Waals surface area contributed by atoms with E-state index in [4.69, 9.17) is 9.84 Å². The Hall–Kier alpha value is -2.74. The van der Waals surface area contributed by atoms with Crippen molar-refractivity contribution in [3.63, 3.8) is 0 Å². The van der Waals surface area contributed by atoms with Crippen LogP contribution in [-0.2, 0) is 9.53 Å². The summed E-state index contributed by atoms with van der Waals surface area (Å²) in [6.07, 6.45) is 2.50. The third-order valence-corrected chi connectivity index (χ3v) is 3.31. The fourth-order valence-electron chi connectivity index (χ4n) is 2.22. The Labute approximate surface area is 125 Å². The van der Waals surface area contributed by atoms with Crippen molar-refractivity contribution < 1.29 is 19.4 Å². The lowest BCUT2D eigenvalue weighted by Crippen LogP contribution is -2.26. The molecule has 114 valence electrons. The van der Waals surface area contributed by atoms with E-state index in [1.807, 2.05) is 0 Å². The van der Waals surface area contributed by atoms with Gasteiger partial charge in [0, 0.05) is 12.3 Å². The smallest absolute Gasteiger partial charge is 0.358 e. The number of anilines is 1. The van der Waals surface area contributed by atoms with Gasteiger partial charge >= 0.3 is 5.97 Å². The minimum absolute atomic E-state index is 0.145. The van der Waals surface area contributed by atoms with Crippen LogP contribution >= 0.6 is 0 Å². The first-order valence-electron chi connectivity index (χ1n) is 6.82. The Bertz CT molecular complexity index is 706. The largest absolute Gasteiger partial charge is 0.476 e. The molecule has 2 heterocycles. The number of hydrogen-bond acceptors (Lipinski definition) is 5. The minimum atomic E-state index is -1.14. The Kier molecular flexibility index (Phi) is 3.84. The van der Waals surface area contributed by atoms with Gasteiger partial charge < -0.3 is 15.2 Å². The quantitative estimate of drug-likeness (QED) is 0.875. The van der Waals surface area contributed by atoms with Gasteiger partial charge in [0.15, 0.2) is 5.69 Å². The maximum Gasteiger partial charge on any atom is 0.358 e. The van der Waals surface area contributed by atoms with Crippen molar-refractivity contribution in [1.82, 2.24) is 15.0 Å². The number of nitrogens with zero attached hydrogens (tertiary/aromatic N) is 3. The van der Waals surface area contributed by atoms with Crippen molar-refractivity contribution >= 4 is 17.6 Å². The Balaban J connectivity index is 1.76. The number of aromatic carboxylic acids is 1. The van der Waals surface area contributed by atoms with E-state index in [-0.39, 0.29) is 11.6 Å². The standard InChI is InChI=1S/C14H14N4O4/c19-13(12-5-2-6-22-12)15-9-3-1-4-10(7-9)18-8-11(14(20)21)16-17-18/h1,3-4,7-8,12H,2,5-6H2,(H,15,19)(H,20,21)/t12-/m0/s1. The Morgan fingerprint density at radius 1 is 1.41 bits per heavy atom. The maximum atomic E-state index is 12.0. The molecule has 0 bridgehead atoms. The molecule has 1 aromatic heterocycles. The summed E-state index contributed by atoms with van der Waals surface area (Å²) in [5, 5.41) is 18.9. The zero-order valence-corrected chi connectivity index (χ0v) is 11.6. The SMILES string of the molecule is O=C(O)c1cn(-c2cccc(NC(=O)[C@@H]3CCCO3)c2)nn1. The molecule has 2 N–H and O–H groups in total. The average Bonchev–Trinajstić information content (AvgIpc) is 3.19. The van der Waals surface area contributed by atoms with E-state index in [1.54, 1.807) is 24.3 Å². The first kappa shape index (κ1) is 14.2. The number of benzene rings is 1. The summed E-state index contributed by atoms with van der Waals surface area (Å²) in [4.78, 5) is 22.8. The summed E-state index contributed by atoms with van der Waals surface area (Å²) in [6.45, 7) is 0.606. The predicted octanol–water partition coefficient (Wildman–Crippen LogP) is 1.08. The molecule has 1 saturated heterocycles. The molecule has 1 fully saturated rings. The molecule has 0 unspecified atom stereocenters. The van der Waals surface area contributed by atoms with Crippen LogP contribution in [0.1, 0.15) is 23.3 Å². The Morgan fingerprint density at radius 2 is 2.27 bits per heavy atom. The number of rotatable bonds is 4. The zero-order valence-electron chi connectivity index (χ0n) is 11.6. The van der Waals surface area contributed by atoms with Crippen molar-refractivity contribution in [2.75, 3.05) is 11.9 Å². The molecule has 0 spiro atoms. The van der Waals surface area contributed by atoms with Crippen LogP contribution in [0.2, 0.25) is 0 Å². The van der Waals surface area contributed by atoms with Gasteiger partial charge in [-0.3, -0.25) is 4.79 Å². The maximum absolute atomic E-state index is 12.0. The van der Waals surface area contributed by atoms with Crippen molar-refractivity contribution in [2.45, 2.75) is 18.9 Å². The second-order valence-electron chi connectivity index (χ2n) is 4.89. The lowest BCUT2D eigenvalue weighted by atomic mass is 10.2. The van der Waals surface area contributed by atoms with E-state index < -0.39 is 12.1 Å². The van der Waals surface area contributed by atoms with Crippen LogP contribution in [0.3, 0.4) is 0 Å². The molecular weight excluding hydrogens is 288 g/mol. The molecule has 1 amide bonds. The molecular formula is C14H14N4O4. The van der Waals surface area contributed by atoms with Gasteiger partial charge in [-0.1, -0.05) is 11.3 Å². The highest BCUT2D eigenvalue weighted by Crippen LogP contribution is 2.17. The summed E-state index contributed by atoms with van der Waals surface area (Å²) in [6, 6.07) is 6.91. The van der Waals surface area contributed by atoms with E-state index in [0.29, 0.717) is 18.0 Å². The summed E-state index contributed by atoms with van der Waals surface area (Å²) < 4.78 is 6.67. The van der Waals surface area contributed by atoms with E-state index >= 15 is 0 Å². The van der Waals surface area contributed by atoms with E-state index in [0.717, 1.165) is 12.8 Å². The molecule has 0 radical (unpaired) electrons. The van der Waals surface area contributed by atoms with Gasteiger partial charge in [-0.15, -0.1) is 5.10 Å². The fourth-order valence-corrected chi connectivity index (χ4v) is 2.22. The number of nitrogens with one attached hydrogen (secondary N) is 1. The molecule has 1 aromatic carbocycles. The van der Waals surface area contributed by atoms with E-state index in [2.05, 4.69) is 15.6 Å². The average molecular weight is 302 g/mol. The number of carbonyl (C=O) groups excluding carboxylic acids is 1. The van der Waals surface area contributed by atoms with Gasteiger partial charge in [0.25, 0.3) is 5.91 Å². The third-order valence-electron chi connectivity index (χ3n) is 3.31. The summed E-state index contributed by atoms with van der Waals surface area (Å²) in [5.41, 5.74) is 1.05. The van der Waals surface area contributed by atoms with Gasteiger partial charge in [-0.25, -0.2) is 9.48 Å². The molecule has 0 aliphatic carbocycles. The molecule has 1 aliphatic rings. The zero-order chi connectivity index (χ0) is 15.5. The number of amides is 1. The number of aromatic nitrogens is 3. The fraction of sp³-hybridized carbons (Fsp3) is 0.286. The number of carbonyl (C=O) groups is 2. The van der Waals surface area contributed by atoms with Crippen LogP contribution < -0.4 is 5.32 Å². The lowest BCUT2D eigenvalue weighted by Gasteiger charge is -2.11. The van der Waals surface area contributed by atoms with Crippen LogP contribution in [-0.4, -0.2) is 44.7 Å². The molecule has 0 saturated carbocycles. The highest BCUT2D eigenvalue weighted by molar-refractivity contribution is 5.94. The van der Waals surface area contributed by atoms with Crippen molar-refractivity contribution in [3.05, 3.63) is 36.2 Å². The van der Waals surface area contributed by atoms with Crippen LogP contribution in [0.15, 0.2) is 30.5 Å². The van der Waals surface area contributed by atoms with Crippen molar-refractivity contribution in [3.8, 4) is 5.69 Å². The number of hydrogen-bond donors (Lipinski definition) is 2. The van der Waals surface area contributed by atoms with E-state index in [9.17, 15) is 9.59 Å². The summed E-state index contributed by atoms with van der Waals surface area (Å²) >= 11 is 0. The topological polar surface area (TPSA) is 106 Å². The van der Waals surface area contributed by atoms with Crippen molar-refractivity contribution in [1.29, 1.82) is 0 Å². The number of carboxylic acids is 1. The second kappa shape index (κ2) is 5.94. The van der Waals surface area contributed by atoms with Gasteiger partial charge in [0.05, 0.1) is 11.9 Å². The lowest BCUT2D eigenvalue weighted by molar-refractivity contribution is -0.124. The monoisotopic (exact) mass is 302 g/mol. The normalized spacial score (nSPS) is 17.4. The van der Waals surface area contributed by atoms with E-state index in [1.165, 1.54) is 10.9 Å². The van der Waals surface area contributed by atoms with Gasteiger partial charge in [0.1, 0.15) is 6.10 Å². The Morgan fingerprint density at radius 3 is 2.95 bits per heavy atom. The van der Waals surface area contributed by atoms with Gasteiger partial charge in [0.2, 0.25) is 0 Å². The highest BCUT2D eigenvalue weighted by Gasteiger charge is 2.23. The van der Waals surface area contributed by atoms with Gasteiger partial charge in [-0.2, -0.15) is 0 Å². The molecule has 8 nitrogen and oxygen atoms in total. The summed E-state index contributed by atoms with van der Waals surface area (Å²) in [5.74, 6) is -1.33. The molecule has 1 atom stereocenters. The second-order valence-corrected chi connectivity index (χ2v) is 4.89. The van der Waals surface area contributed by atoms with Crippen LogP contribution in [0.4, 0.5) is 5.69 Å². The van der Waals surface area contributed by atoms with Crippen LogP contribution in [0.5, 0.6) is 0 Å². The predicted molar refractivity (Wildman–Crippen MR) is 75.9 cm³/mol. The molecule has 22 heavy (non-hydrogen) atoms. The van der Waals surface area contributed by atoms with Crippen LogP contribution in [0.25, 0.3) is 5.69 Å². The molecule has 8 heteroatoms. The number of ether oxygens (including phenoxy) is 1. The third kappa shape index (κ3) is 2.96. The van der Waals surface area contributed by atoms with Crippen LogP contribution in [0, 0.1) is 0 Å². The first-order chi connectivity index (χ1) is 10.6. The molecule has 3 rings (SSSR count). The first-order valence-corrected chi connectivity index (χ1v) is 6.82. The van der Waals surface area contributed by atoms with Crippen molar-refractivity contribution in [2.24, 2.45) is 0 Å². The molecule has 2 aromatic rings. The summed E-state index contributed by atoms with van der Waals surface area (Å²) in [7, 11) is 0. The highest BCUT2D eigenvalue weighted by atomic mass is 16.5.